The van der Waals surface area contributed by atoms with Crippen LogP contribution in [-0.4, -0.2) is 66.4 Å². The molecule has 1 spiro atoms. The van der Waals surface area contributed by atoms with Crippen molar-refractivity contribution in [1.29, 1.82) is 0 Å². The Morgan fingerprint density at radius 3 is 2.59 bits per heavy atom. The Kier molecular flexibility index (Phi) is 8.89. The van der Waals surface area contributed by atoms with E-state index in [9.17, 15) is 9.90 Å². The van der Waals surface area contributed by atoms with Crippen LogP contribution in [0.5, 0.6) is 5.75 Å². The Hall–Kier alpha value is -4.03. The van der Waals surface area contributed by atoms with Crippen LogP contribution in [0.2, 0.25) is 23.7 Å². The van der Waals surface area contributed by atoms with E-state index in [1.54, 1.807) is 16.7 Å². The second kappa shape index (κ2) is 13.0. The molecule has 4 heterocycles. The van der Waals surface area contributed by atoms with E-state index in [1.165, 1.54) is 5.19 Å². The van der Waals surface area contributed by atoms with Gasteiger partial charge in [-0.1, -0.05) is 66.3 Å². The predicted octanol–water partition coefficient (Wildman–Crippen LogP) is 5.06. The normalized spacial score (nSPS) is 23.3. The Morgan fingerprint density at radius 1 is 1.10 bits per heavy atom. The molecular formula is C37H42ClN5O5Si. The molecule has 1 N–H and O–H groups in total. The van der Waals surface area contributed by atoms with Crippen LogP contribution < -0.4 is 19.7 Å². The summed E-state index contributed by atoms with van der Waals surface area (Å²) in [5, 5.41) is 19.7. The number of β-lactam (4-membered cyclic amide) rings is 1. The molecular weight excluding hydrogens is 658 g/mol. The van der Waals surface area contributed by atoms with Crippen molar-refractivity contribution in [2.75, 3.05) is 30.1 Å². The number of benzene rings is 3. The predicted molar refractivity (Wildman–Crippen MR) is 191 cm³/mol. The lowest BCUT2D eigenvalue weighted by molar-refractivity contribution is -0.146. The van der Waals surface area contributed by atoms with Crippen LogP contribution in [0.25, 0.3) is 0 Å². The first-order chi connectivity index (χ1) is 23.6. The molecule has 0 unspecified atom stereocenters. The Labute approximate surface area is 292 Å². The van der Waals surface area contributed by atoms with Gasteiger partial charge in [0.05, 0.1) is 39.2 Å². The molecule has 1 aromatic heterocycles. The topological polar surface area (TPSA) is 110 Å². The average Bonchev–Trinajstić information content (AvgIpc) is 3.73. The quantitative estimate of drug-likeness (QED) is 0.172. The van der Waals surface area contributed by atoms with Gasteiger partial charge in [0, 0.05) is 60.9 Å². The Balaban J connectivity index is 1.27. The van der Waals surface area contributed by atoms with Crippen molar-refractivity contribution in [2.24, 2.45) is 5.92 Å². The van der Waals surface area contributed by atoms with Gasteiger partial charge in [0.2, 0.25) is 5.91 Å². The molecule has 10 nitrogen and oxygen atoms in total. The van der Waals surface area contributed by atoms with E-state index >= 15 is 4.79 Å². The summed E-state index contributed by atoms with van der Waals surface area (Å²) in [7, 11) is -0.665. The molecule has 4 aromatic rings. The number of hydrogen-bond donors (Lipinski definition) is 1. The summed E-state index contributed by atoms with van der Waals surface area (Å²) >= 11 is 6.67. The fraction of sp³-hybridized carbons (Fsp3) is 0.405. The molecule has 256 valence electrons. The minimum absolute atomic E-state index is 0.00937. The number of aliphatic hydroxyl groups excluding tert-OH is 1. The summed E-state index contributed by atoms with van der Waals surface area (Å²) in [4.78, 5) is 30.9. The van der Waals surface area contributed by atoms with Crippen LogP contribution in [0.15, 0.2) is 72.9 Å². The average molecular weight is 700 g/mol. The van der Waals surface area contributed by atoms with Gasteiger partial charge < -0.3 is 24.4 Å². The second-order valence-electron chi connectivity index (χ2n) is 13.9. The number of carbonyl (C=O) groups excluding carboxylic acids is 2. The maximum absolute atomic E-state index is 15.1. The lowest BCUT2D eigenvalue weighted by Gasteiger charge is -2.37. The number of ether oxygens (including phenoxy) is 2. The molecule has 12 heteroatoms. The van der Waals surface area contributed by atoms with E-state index in [4.69, 9.17) is 21.1 Å². The van der Waals surface area contributed by atoms with E-state index in [0.29, 0.717) is 43.9 Å². The summed E-state index contributed by atoms with van der Waals surface area (Å²) in [5.74, 6) is 0.634. The van der Waals surface area contributed by atoms with Gasteiger partial charge in [0.15, 0.2) is 5.60 Å². The van der Waals surface area contributed by atoms with Gasteiger partial charge in [-0.25, -0.2) is 0 Å². The number of aromatic nitrogens is 3. The van der Waals surface area contributed by atoms with Crippen molar-refractivity contribution in [3.63, 3.8) is 0 Å². The van der Waals surface area contributed by atoms with Crippen LogP contribution in [-0.2, 0) is 39.4 Å². The third-order valence-electron chi connectivity index (χ3n) is 10.8. The van der Waals surface area contributed by atoms with E-state index in [-0.39, 0.29) is 36.0 Å². The monoisotopic (exact) mass is 699 g/mol. The number of aliphatic hydroxyl groups is 1. The smallest absolute Gasteiger partial charge is 0.264 e. The number of amides is 2. The number of aryl methyl sites for hydroxylation is 1. The van der Waals surface area contributed by atoms with E-state index in [2.05, 4.69) is 42.5 Å². The Bertz CT molecular complexity index is 1880. The molecule has 2 saturated heterocycles. The van der Waals surface area contributed by atoms with Crippen LogP contribution in [0.1, 0.15) is 36.6 Å². The number of anilines is 2. The van der Waals surface area contributed by atoms with Gasteiger partial charge in [0.1, 0.15) is 5.75 Å². The summed E-state index contributed by atoms with van der Waals surface area (Å²) in [6, 6.07) is 21.9. The highest BCUT2D eigenvalue weighted by molar-refractivity contribution is 6.91. The highest BCUT2D eigenvalue weighted by atomic mass is 35.5. The largest absolute Gasteiger partial charge is 0.497 e. The van der Waals surface area contributed by atoms with Crippen molar-refractivity contribution >= 4 is 48.1 Å². The fourth-order valence-corrected chi connectivity index (χ4v) is 12.5. The van der Waals surface area contributed by atoms with Gasteiger partial charge in [-0.2, -0.15) is 0 Å². The number of rotatable bonds is 11. The minimum Gasteiger partial charge on any atom is -0.497 e. The zero-order valence-corrected chi connectivity index (χ0v) is 30.1. The van der Waals surface area contributed by atoms with Gasteiger partial charge in [-0.05, 0) is 60.0 Å². The third-order valence-corrected chi connectivity index (χ3v) is 15.4. The van der Waals surface area contributed by atoms with E-state index in [0.717, 1.165) is 33.9 Å². The lowest BCUT2D eigenvalue weighted by Crippen LogP contribution is -2.51. The summed E-state index contributed by atoms with van der Waals surface area (Å²) in [6.45, 7) is 8.49. The van der Waals surface area contributed by atoms with Gasteiger partial charge in [-0.15, -0.1) is 5.10 Å². The van der Waals surface area contributed by atoms with Crippen LogP contribution in [0, 0.1) is 5.92 Å². The maximum atomic E-state index is 15.1. The number of hydrogen-bond acceptors (Lipinski definition) is 7. The second-order valence-corrected chi connectivity index (χ2v) is 19.0. The van der Waals surface area contributed by atoms with Crippen LogP contribution in [0.3, 0.4) is 0 Å². The molecule has 3 aromatic carbocycles. The fourth-order valence-electron chi connectivity index (χ4n) is 8.24. The van der Waals surface area contributed by atoms with Gasteiger partial charge >= 0.3 is 0 Å². The summed E-state index contributed by atoms with van der Waals surface area (Å²) in [6.07, 6.45) is 3.23. The van der Waals surface area contributed by atoms with Crippen molar-refractivity contribution in [2.45, 2.75) is 69.6 Å². The molecule has 0 bridgehead atoms. The lowest BCUT2D eigenvalue weighted by atomic mass is 9.82. The molecule has 0 radical (unpaired) electrons. The number of nitrogens with zero attached hydrogens (tertiary/aromatic N) is 5. The van der Waals surface area contributed by atoms with Crippen molar-refractivity contribution in [3.05, 3.63) is 94.8 Å². The van der Waals surface area contributed by atoms with Crippen LogP contribution >= 0.6 is 11.6 Å². The first-order valence-electron chi connectivity index (χ1n) is 16.9. The molecule has 2 amide bonds. The highest BCUT2D eigenvalue weighted by Crippen LogP contribution is 2.60. The molecule has 3 aliphatic heterocycles. The first-order valence-corrected chi connectivity index (χ1v) is 20.4. The third kappa shape index (κ3) is 5.76. The van der Waals surface area contributed by atoms with Crippen LogP contribution in [0.4, 0.5) is 11.4 Å². The standard InChI is InChI=1S/C37H42ClN5O5Si/c1-24-35(49(3,4)30-11-9-29(47-2)10-12-30)33(14-17-41-23-27(16-19-44)39-40-41)48-37(24)31-21-26(38)8-13-32(31)43(36(37)46)22-25-6-5-7-28(20-25)42-18-15-34(42)45/h5-13,20-21,23-24,33,35,44H,14-19,22H2,1-4H3/t24-,33+,35-,37+/m0/s1. The molecule has 0 saturated carbocycles. The van der Waals surface area contributed by atoms with E-state index in [1.807, 2.05) is 65.7 Å². The molecule has 3 aliphatic rings. The zero-order valence-electron chi connectivity index (χ0n) is 28.3. The molecule has 49 heavy (non-hydrogen) atoms. The molecule has 4 atom stereocenters. The zero-order chi connectivity index (χ0) is 34.5. The number of fused-ring (bicyclic) bond motifs is 2. The SMILES string of the molecule is COc1ccc([Si](C)(C)[C@@H]2[C@@H](CCn3cc(CCO)nn3)O[C@]3(C(=O)N(Cc4cccc(N5CCC5=O)c4)c4ccc(Cl)cc43)[C@H]2C)cc1. The molecule has 0 aliphatic carbocycles. The number of carbonyl (C=O) groups is 2. The van der Waals surface area contributed by atoms with E-state index < -0.39 is 13.7 Å². The maximum Gasteiger partial charge on any atom is 0.264 e. The number of methoxy groups -OCH3 is 1. The first kappa shape index (κ1) is 33.5. The van der Waals surface area contributed by atoms with Crippen molar-refractivity contribution in [1.82, 2.24) is 15.0 Å². The Morgan fingerprint density at radius 2 is 1.90 bits per heavy atom. The van der Waals surface area contributed by atoms with Crippen molar-refractivity contribution < 1.29 is 24.2 Å². The molecule has 7 rings (SSSR count). The molecule has 2 fully saturated rings. The summed E-state index contributed by atoms with van der Waals surface area (Å²) < 4.78 is 14.5. The summed E-state index contributed by atoms with van der Waals surface area (Å²) in [5.41, 5.74) is 2.92. The number of halogens is 1. The van der Waals surface area contributed by atoms with Gasteiger partial charge in [-0.3, -0.25) is 14.3 Å². The van der Waals surface area contributed by atoms with Gasteiger partial charge in [0.25, 0.3) is 5.91 Å². The van der Waals surface area contributed by atoms with Crippen molar-refractivity contribution in [3.8, 4) is 5.75 Å². The minimum atomic E-state index is -2.33. The highest BCUT2D eigenvalue weighted by Gasteiger charge is 2.66.